The number of ether oxygens (including phenoxy) is 1. The van der Waals surface area contributed by atoms with Gasteiger partial charge in [0.25, 0.3) is 17.5 Å². The number of nitro benzene ring substituents is 1. The first-order valence-electron chi connectivity index (χ1n) is 11.5. The van der Waals surface area contributed by atoms with Gasteiger partial charge in [-0.15, -0.1) is 11.8 Å². The SMILES string of the molecule is CC(=O)OCC1=C(C(=O)O)N2C(=O)[C@@H](NC(=O)C(=NOC(=O)c3ccc([N+](=O)[O-])cc3)c3ccccc3)[C@H]2SC1. The molecule has 2 aromatic rings. The van der Waals surface area contributed by atoms with E-state index in [1.165, 1.54) is 43.0 Å². The number of β-lactam (4-membered cyclic amide) rings is 1. The van der Waals surface area contributed by atoms with E-state index in [2.05, 4.69) is 10.5 Å². The van der Waals surface area contributed by atoms with Gasteiger partial charge in [-0.3, -0.25) is 29.4 Å². The Balaban J connectivity index is 1.52. The van der Waals surface area contributed by atoms with Crippen molar-refractivity contribution in [2.24, 2.45) is 5.16 Å². The van der Waals surface area contributed by atoms with Gasteiger partial charge in [-0.05, 0) is 12.1 Å². The molecule has 1 fully saturated rings. The van der Waals surface area contributed by atoms with E-state index in [0.717, 1.165) is 17.0 Å². The van der Waals surface area contributed by atoms with Crippen molar-refractivity contribution in [1.29, 1.82) is 0 Å². The van der Waals surface area contributed by atoms with Crippen LogP contribution in [0.3, 0.4) is 0 Å². The fourth-order valence-corrected chi connectivity index (χ4v) is 5.20. The molecule has 206 valence electrons. The molecule has 14 nitrogen and oxygen atoms in total. The van der Waals surface area contributed by atoms with E-state index in [-0.39, 0.29) is 46.2 Å². The maximum Gasteiger partial charge on any atom is 0.365 e. The van der Waals surface area contributed by atoms with Crippen molar-refractivity contribution in [2.45, 2.75) is 18.3 Å². The van der Waals surface area contributed by atoms with Crippen molar-refractivity contribution in [3.63, 3.8) is 0 Å². The molecule has 0 spiro atoms. The summed E-state index contributed by atoms with van der Waals surface area (Å²) >= 11 is 1.18. The Hall–Kier alpha value is -5.05. The van der Waals surface area contributed by atoms with Gasteiger partial charge in [0.2, 0.25) is 0 Å². The van der Waals surface area contributed by atoms with Gasteiger partial charge in [0.1, 0.15) is 23.7 Å². The number of benzene rings is 2. The third-order valence-electron chi connectivity index (χ3n) is 5.78. The number of carbonyl (C=O) groups excluding carboxylic acids is 4. The monoisotopic (exact) mass is 568 g/mol. The zero-order chi connectivity index (χ0) is 29.0. The summed E-state index contributed by atoms with van der Waals surface area (Å²) in [6.07, 6.45) is 0. The van der Waals surface area contributed by atoms with E-state index in [1.807, 2.05) is 0 Å². The molecule has 2 aliphatic rings. The smallest absolute Gasteiger partial charge is 0.365 e. The van der Waals surface area contributed by atoms with E-state index in [1.54, 1.807) is 18.2 Å². The Morgan fingerprint density at radius 1 is 1.12 bits per heavy atom. The molecule has 2 heterocycles. The van der Waals surface area contributed by atoms with Crippen LogP contribution in [0.2, 0.25) is 0 Å². The summed E-state index contributed by atoms with van der Waals surface area (Å²) in [4.78, 5) is 77.8. The zero-order valence-corrected chi connectivity index (χ0v) is 21.5. The molecule has 40 heavy (non-hydrogen) atoms. The highest BCUT2D eigenvalue weighted by atomic mass is 32.2. The highest BCUT2D eigenvalue weighted by Gasteiger charge is 2.54. The van der Waals surface area contributed by atoms with Crippen LogP contribution >= 0.6 is 11.8 Å². The zero-order valence-electron chi connectivity index (χ0n) is 20.6. The predicted octanol–water partition coefficient (Wildman–Crippen LogP) is 1.46. The van der Waals surface area contributed by atoms with Gasteiger partial charge in [-0.1, -0.05) is 35.5 Å². The lowest BCUT2D eigenvalue weighted by molar-refractivity contribution is -0.384. The molecule has 2 amide bonds. The number of nitrogens with zero attached hydrogens (tertiary/aromatic N) is 3. The summed E-state index contributed by atoms with van der Waals surface area (Å²) < 4.78 is 4.90. The first kappa shape index (κ1) is 28.0. The lowest BCUT2D eigenvalue weighted by atomic mass is 10.0. The minimum atomic E-state index is -1.38. The molecule has 0 aliphatic carbocycles. The third-order valence-corrected chi connectivity index (χ3v) is 7.12. The van der Waals surface area contributed by atoms with Gasteiger partial charge < -0.3 is 20.0 Å². The average molecular weight is 569 g/mol. The predicted molar refractivity (Wildman–Crippen MR) is 138 cm³/mol. The van der Waals surface area contributed by atoms with Gasteiger partial charge in [0, 0.05) is 35.9 Å². The summed E-state index contributed by atoms with van der Waals surface area (Å²) in [6.45, 7) is 0.887. The molecule has 0 bridgehead atoms. The molecule has 2 aromatic carbocycles. The van der Waals surface area contributed by atoms with Gasteiger partial charge >= 0.3 is 17.9 Å². The molecule has 2 atom stereocenters. The molecule has 4 rings (SSSR count). The van der Waals surface area contributed by atoms with Crippen molar-refractivity contribution in [3.8, 4) is 0 Å². The maximum atomic E-state index is 13.2. The van der Waals surface area contributed by atoms with Crippen LogP contribution in [-0.2, 0) is 28.8 Å². The lowest BCUT2D eigenvalue weighted by Gasteiger charge is -2.49. The number of aliphatic carboxylic acids is 1. The second-order valence-electron chi connectivity index (χ2n) is 8.39. The molecular formula is C25H20N4O10S. The van der Waals surface area contributed by atoms with E-state index >= 15 is 0 Å². The maximum absolute atomic E-state index is 13.2. The molecule has 2 aliphatic heterocycles. The minimum absolute atomic E-state index is 0.0527. The molecule has 0 saturated carbocycles. The Labute approximate surface area is 229 Å². The van der Waals surface area contributed by atoms with Crippen LogP contribution in [0.15, 0.2) is 71.0 Å². The molecular weight excluding hydrogens is 548 g/mol. The number of thioether (sulfide) groups is 1. The molecule has 0 aromatic heterocycles. The highest BCUT2D eigenvalue weighted by Crippen LogP contribution is 2.40. The van der Waals surface area contributed by atoms with Crippen LogP contribution in [0.5, 0.6) is 0 Å². The van der Waals surface area contributed by atoms with E-state index in [4.69, 9.17) is 9.57 Å². The van der Waals surface area contributed by atoms with Crippen LogP contribution < -0.4 is 5.32 Å². The summed E-state index contributed by atoms with van der Waals surface area (Å²) in [6, 6.07) is 11.4. The van der Waals surface area contributed by atoms with E-state index in [0.29, 0.717) is 0 Å². The number of esters is 1. The molecule has 0 unspecified atom stereocenters. The van der Waals surface area contributed by atoms with Gasteiger partial charge in [-0.2, -0.15) is 0 Å². The summed E-state index contributed by atoms with van der Waals surface area (Å²) in [7, 11) is 0. The fourth-order valence-electron chi connectivity index (χ4n) is 3.87. The van der Waals surface area contributed by atoms with Crippen LogP contribution in [0.1, 0.15) is 22.8 Å². The third kappa shape index (κ3) is 5.83. The largest absolute Gasteiger partial charge is 0.477 e. The number of fused-ring (bicyclic) bond motifs is 1. The Morgan fingerprint density at radius 2 is 1.80 bits per heavy atom. The average Bonchev–Trinajstić information content (AvgIpc) is 2.94. The number of nitrogens with one attached hydrogen (secondary N) is 1. The van der Waals surface area contributed by atoms with Crippen molar-refractivity contribution in [2.75, 3.05) is 12.4 Å². The molecule has 2 N–H and O–H groups in total. The second kappa shape index (κ2) is 11.8. The first-order chi connectivity index (χ1) is 19.1. The quantitative estimate of drug-likeness (QED) is 0.111. The Kier molecular flexibility index (Phi) is 8.23. The van der Waals surface area contributed by atoms with Crippen LogP contribution in [0.4, 0.5) is 5.69 Å². The summed E-state index contributed by atoms with van der Waals surface area (Å²) in [5, 5.41) is 26.0. The lowest BCUT2D eigenvalue weighted by Crippen LogP contribution is -2.71. The number of hydrogen-bond donors (Lipinski definition) is 2. The molecule has 1 saturated heterocycles. The normalized spacial score (nSPS) is 18.3. The standard InChI is InChI=1S/C25H20N4O10S/c1-13(30)38-11-16-12-40-23-19(22(32)28(23)20(16)24(33)34)26-21(31)18(14-5-3-2-4-6-14)27-39-25(35)15-7-9-17(10-8-15)29(36)37/h2-10,19,23H,11-12H2,1H3,(H,26,31)(H,33,34)/t19-,23-/m1/s1. The van der Waals surface area contributed by atoms with Crippen molar-refractivity contribution < 1.29 is 43.6 Å². The van der Waals surface area contributed by atoms with Crippen molar-refractivity contribution in [1.82, 2.24) is 10.2 Å². The van der Waals surface area contributed by atoms with E-state index < -0.39 is 46.1 Å². The van der Waals surface area contributed by atoms with Crippen molar-refractivity contribution in [3.05, 3.63) is 87.1 Å². The molecule has 15 heteroatoms. The Morgan fingerprint density at radius 3 is 2.40 bits per heavy atom. The number of rotatable bonds is 9. The summed E-state index contributed by atoms with van der Waals surface area (Å²) in [5.41, 5.74) is -0.438. The van der Waals surface area contributed by atoms with Crippen LogP contribution in [0, 0.1) is 10.1 Å². The number of carbonyl (C=O) groups is 5. The number of hydrogen-bond acceptors (Lipinski definition) is 11. The van der Waals surface area contributed by atoms with Crippen LogP contribution in [0.25, 0.3) is 0 Å². The van der Waals surface area contributed by atoms with Crippen LogP contribution in [-0.4, -0.2) is 74.1 Å². The van der Waals surface area contributed by atoms with E-state index in [9.17, 15) is 39.2 Å². The molecule has 0 radical (unpaired) electrons. The summed E-state index contributed by atoms with van der Waals surface area (Å²) in [5.74, 6) is -4.39. The highest BCUT2D eigenvalue weighted by molar-refractivity contribution is 8.00. The number of nitro groups is 1. The van der Waals surface area contributed by atoms with Crippen molar-refractivity contribution >= 4 is 52.9 Å². The number of non-ortho nitro benzene ring substituents is 1. The fraction of sp³-hybridized carbons (Fsp3) is 0.200. The number of oxime groups is 1. The van der Waals surface area contributed by atoms with Gasteiger partial charge in [0.15, 0.2) is 5.71 Å². The second-order valence-corrected chi connectivity index (χ2v) is 9.49. The van der Waals surface area contributed by atoms with Gasteiger partial charge in [-0.25, -0.2) is 9.59 Å². The number of carboxylic acid groups (broad SMARTS) is 1. The Bertz CT molecular complexity index is 1460. The first-order valence-corrected chi connectivity index (χ1v) is 12.6. The van der Waals surface area contributed by atoms with Gasteiger partial charge in [0.05, 0.1) is 10.5 Å². The minimum Gasteiger partial charge on any atom is -0.477 e. The number of carboxylic acids is 1. The topological polar surface area (TPSA) is 195 Å². The number of amides is 2.